The van der Waals surface area contributed by atoms with Crippen LogP contribution in [0.3, 0.4) is 0 Å². The fourth-order valence-electron chi connectivity index (χ4n) is 2.53. The molecule has 0 aliphatic carbocycles. The molecular weight excluding hydrogens is 386 g/mol. The summed E-state index contributed by atoms with van der Waals surface area (Å²) < 4.78 is 1.60. The van der Waals surface area contributed by atoms with E-state index in [9.17, 15) is 4.79 Å². The van der Waals surface area contributed by atoms with E-state index in [2.05, 4.69) is 37.2 Å². The maximum Gasteiger partial charge on any atom is 0.295 e. The van der Waals surface area contributed by atoms with Crippen LogP contribution in [0.1, 0.15) is 39.1 Å². The highest BCUT2D eigenvalue weighted by molar-refractivity contribution is 7.99. The lowest BCUT2D eigenvalue weighted by Crippen LogP contribution is -2.28. The quantitative estimate of drug-likeness (QED) is 0.472. The Hall–Kier alpha value is -2.26. The Morgan fingerprint density at radius 2 is 1.93 bits per heavy atom. The smallest absolute Gasteiger partial charge is 0.295 e. The number of anilines is 1. The van der Waals surface area contributed by atoms with Crippen molar-refractivity contribution in [2.24, 2.45) is 0 Å². The van der Waals surface area contributed by atoms with Gasteiger partial charge >= 0.3 is 0 Å². The Morgan fingerprint density at radius 1 is 1.19 bits per heavy atom. The standard InChI is InChI=1S/C17H20ClN7OS/c1-4-10(3)25-15-12(8-22-17(18)24-15)23-14(16(25)26)21-9-13-19-6-11(7-20-13)27-5-2/h6-8,10H,4-5,9H2,1-3H3,(H,21,23)/t10-/m1/s1. The van der Waals surface area contributed by atoms with Crippen molar-refractivity contribution in [1.82, 2.24) is 29.5 Å². The lowest BCUT2D eigenvalue weighted by molar-refractivity contribution is 0.526. The average molecular weight is 406 g/mol. The molecule has 8 nitrogen and oxygen atoms in total. The summed E-state index contributed by atoms with van der Waals surface area (Å²) in [4.78, 5) is 35.1. The maximum atomic E-state index is 12.9. The molecule has 27 heavy (non-hydrogen) atoms. The predicted octanol–water partition coefficient (Wildman–Crippen LogP) is 3.33. The lowest BCUT2D eigenvalue weighted by atomic mass is 10.2. The van der Waals surface area contributed by atoms with Gasteiger partial charge in [0, 0.05) is 23.3 Å². The number of hydrogen-bond donors (Lipinski definition) is 1. The molecular formula is C17H20ClN7OS. The monoisotopic (exact) mass is 405 g/mol. The van der Waals surface area contributed by atoms with Gasteiger partial charge in [0.15, 0.2) is 11.5 Å². The van der Waals surface area contributed by atoms with Gasteiger partial charge < -0.3 is 5.32 Å². The van der Waals surface area contributed by atoms with Crippen LogP contribution >= 0.6 is 23.4 Å². The summed E-state index contributed by atoms with van der Waals surface area (Å²) in [6.45, 7) is 6.32. The molecule has 1 atom stereocenters. The summed E-state index contributed by atoms with van der Waals surface area (Å²) in [6, 6.07) is -0.0591. The molecule has 3 aromatic heterocycles. The highest BCUT2D eigenvalue weighted by atomic mass is 35.5. The second-order valence-electron chi connectivity index (χ2n) is 5.86. The molecule has 0 saturated heterocycles. The first kappa shape index (κ1) is 19.5. The third-order valence-corrected chi connectivity index (χ3v) is 5.06. The zero-order chi connectivity index (χ0) is 19.4. The van der Waals surface area contributed by atoms with Gasteiger partial charge in [-0.05, 0) is 30.7 Å². The average Bonchev–Trinajstić information content (AvgIpc) is 2.67. The van der Waals surface area contributed by atoms with Crippen LogP contribution in [0.5, 0.6) is 0 Å². The van der Waals surface area contributed by atoms with Crippen LogP contribution in [-0.2, 0) is 6.54 Å². The summed E-state index contributed by atoms with van der Waals surface area (Å²) in [5.41, 5.74) is 0.666. The normalized spacial score (nSPS) is 12.3. The molecule has 3 heterocycles. The SMILES string of the molecule is CCSc1cnc(CNc2nc3cnc(Cl)nc3n([C@H](C)CC)c2=O)nc1. The molecule has 0 radical (unpaired) electrons. The van der Waals surface area contributed by atoms with Gasteiger partial charge in [0.05, 0.1) is 12.7 Å². The van der Waals surface area contributed by atoms with Crippen LogP contribution in [0, 0.1) is 0 Å². The zero-order valence-corrected chi connectivity index (χ0v) is 16.9. The third kappa shape index (κ3) is 4.36. The van der Waals surface area contributed by atoms with E-state index < -0.39 is 0 Å². The predicted molar refractivity (Wildman–Crippen MR) is 107 cm³/mol. The van der Waals surface area contributed by atoms with Crippen molar-refractivity contribution in [3.8, 4) is 0 Å². The molecule has 0 bridgehead atoms. The minimum absolute atomic E-state index is 0.0591. The Balaban J connectivity index is 1.93. The van der Waals surface area contributed by atoms with Crippen molar-refractivity contribution >= 4 is 40.3 Å². The van der Waals surface area contributed by atoms with E-state index in [1.165, 1.54) is 6.20 Å². The Kier molecular flexibility index (Phi) is 6.22. The van der Waals surface area contributed by atoms with Crippen LogP contribution in [-0.4, -0.2) is 35.2 Å². The van der Waals surface area contributed by atoms with Crippen LogP contribution in [0.2, 0.25) is 5.28 Å². The first-order chi connectivity index (χ1) is 13.0. The second kappa shape index (κ2) is 8.62. The minimum atomic E-state index is -0.259. The van der Waals surface area contributed by atoms with E-state index in [0.717, 1.165) is 17.1 Å². The summed E-state index contributed by atoms with van der Waals surface area (Å²) in [5.74, 6) is 1.76. The van der Waals surface area contributed by atoms with Crippen molar-refractivity contribution in [3.63, 3.8) is 0 Å². The molecule has 0 unspecified atom stereocenters. The largest absolute Gasteiger partial charge is 0.358 e. The maximum absolute atomic E-state index is 12.9. The highest BCUT2D eigenvalue weighted by Crippen LogP contribution is 2.18. The number of thioether (sulfide) groups is 1. The van der Waals surface area contributed by atoms with E-state index in [1.807, 2.05) is 13.8 Å². The summed E-state index contributed by atoms with van der Waals surface area (Å²) in [5, 5.41) is 3.13. The molecule has 0 aromatic carbocycles. The second-order valence-corrected chi connectivity index (χ2v) is 7.54. The minimum Gasteiger partial charge on any atom is -0.358 e. The Morgan fingerprint density at radius 3 is 2.59 bits per heavy atom. The van der Waals surface area contributed by atoms with Gasteiger partial charge in [0.1, 0.15) is 11.3 Å². The zero-order valence-electron chi connectivity index (χ0n) is 15.3. The number of nitrogens with zero attached hydrogens (tertiary/aromatic N) is 6. The van der Waals surface area contributed by atoms with Gasteiger partial charge in [-0.15, -0.1) is 11.8 Å². The van der Waals surface area contributed by atoms with Gasteiger partial charge in [0.2, 0.25) is 5.28 Å². The third-order valence-electron chi connectivity index (χ3n) is 4.04. The van der Waals surface area contributed by atoms with E-state index in [0.29, 0.717) is 23.5 Å². The van der Waals surface area contributed by atoms with E-state index in [1.54, 1.807) is 28.7 Å². The van der Waals surface area contributed by atoms with Gasteiger partial charge in [-0.2, -0.15) is 4.98 Å². The van der Waals surface area contributed by atoms with Gasteiger partial charge in [-0.1, -0.05) is 13.8 Å². The highest BCUT2D eigenvalue weighted by Gasteiger charge is 2.17. The first-order valence-corrected chi connectivity index (χ1v) is 10.0. The molecule has 1 N–H and O–H groups in total. The summed E-state index contributed by atoms with van der Waals surface area (Å²) >= 11 is 7.58. The Bertz CT molecular complexity index is 993. The molecule has 10 heteroatoms. The molecule has 3 rings (SSSR count). The van der Waals surface area contributed by atoms with Crippen LogP contribution in [0.4, 0.5) is 5.82 Å². The van der Waals surface area contributed by atoms with Crippen molar-refractivity contribution in [2.75, 3.05) is 11.1 Å². The van der Waals surface area contributed by atoms with Crippen molar-refractivity contribution in [3.05, 3.63) is 40.1 Å². The Labute approximate surface area is 165 Å². The number of rotatable bonds is 7. The van der Waals surface area contributed by atoms with Crippen molar-refractivity contribution in [2.45, 2.75) is 44.7 Å². The number of hydrogen-bond acceptors (Lipinski definition) is 8. The molecule has 0 aliphatic heterocycles. The molecule has 3 aromatic rings. The summed E-state index contributed by atoms with van der Waals surface area (Å²) in [6.07, 6.45) is 5.83. The molecule has 0 spiro atoms. The number of nitrogens with one attached hydrogen (secondary N) is 1. The lowest BCUT2D eigenvalue weighted by Gasteiger charge is -2.17. The fourth-order valence-corrected chi connectivity index (χ4v) is 3.24. The number of halogens is 1. The number of aromatic nitrogens is 6. The molecule has 0 amide bonds. The van der Waals surface area contributed by atoms with E-state index in [-0.39, 0.29) is 22.7 Å². The molecule has 0 saturated carbocycles. The summed E-state index contributed by atoms with van der Waals surface area (Å²) in [7, 11) is 0. The first-order valence-electron chi connectivity index (χ1n) is 8.65. The molecule has 142 valence electrons. The van der Waals surface area contributed by atoms with Crippen LogP contribution in [0.15, 0.2) is 28.3 Å². The van der Waals surface area contributed by atoms with Crippen LogP contribution < -0.4 is 10.9 Å². The van der Waals surface area contributed by atoms with E-state index >= 15 is 0 Å². The number of fused-ring (bicyclic) bond motifs is 1. The van der Waals surface area contributed by atoms with E-state index in [4.69, 9.17) is 11.6 Å². The molecule has 0 fully saturated rings. The molecule has 0 aliphatic rings. The van der Waals surface area contributed by atoms with Gasteiger partial charge in [-0.25, -0.2) is 19.9 Å². The van der Waals surface area contributed by atoms with Crippen LogP contribution in [0.25, 0.3) is 11.2 Å². The van der Waals surface area contributed by atoms with Gasteiger partial charge in [-0.3, -0.25) is 9.36 Å². The van der Waals surface area contributed by atoms with Gasteiger partial charge in [0.25, 0.3) is 5.56 Å². The fraction of sp³-hybridized carbons (Fsp3) is 0.412. The van der Waals surface area contributed by atoms with Crippen molar-refractivity contribution in [1.29, 1.82) is 0 Å². The van der Waals surface area contributed by atoms with Crippen molar-refractivity contribution < 1.29 is 0 Å². The topological polar surface area (TPSA) is 98.5 Å².